The smallest absolute Gasteiger partial charge is 0.247 e. The van der Waals surface area contributed by atoms with E-state index in [1.165, 1.54) is 36.7 Å². The van der Waals surface area contributed by atoms with Crippen molar-refractivity contribution < 1.29 is 9.59 Å². The SMILES string of the molecule is C=C(C(=O)c1ccc(=O)[nH]c1)c1ccc(Cl)cc1Cl.CC(C(=O)c1ccc(=O)[nH]c1)c1ccc(Cl)cc1Cl. The van der Waals surface area contributed by atoms with Gasteiger partial charge >= 0.3 is 0 Å². The lowest BCUT2D eigenvalue weighted by Crippen LogP contribution is -2.13. The van der Waals surface area contributed by atoms with Gasteiger partial charge in [-0.2, -0.15) is 0 Å². The molecule has 0 spiro atoms. The van der Waals surface area contributed by atoms with Crippen LogP contribution >= 0.6 is 46.4 Å². The van der Waals surface area contributed by atoms with Gasteiger partial charge in [0.05, 0.1) is 0 Å². The number of rotatable bonds is 6. The van der Waals surface area contributed by atoms with Gasteiger partial charge in [0, 0.05) is 72.8 Å². The van der Waals surface area contributed by atoms with E-state index in [1.54, 1.807) is 43.3 Å². The molecule has 0 bridgehead atoms. The number of carbonyl (C=O) groups excluding carboxylic acids is 2. The van der Waals surface area contributed by atoms with Crippen LogP contribution in [0.3, 0.4) is 0 Å². The lowest BCUT2D eigenvalue weighted by molar-refractivity contribution is 0.0965. The minimum Gasteiger partial charge on any atom is -0.328 e. The highest BCUT2D eigenvalue weighted by atomic mass is 35.5. The van der Waals surface area contributed by atoms with Crippen molar-refractivity contribution in [3.05, 3.63) is 143 Å². The number of H-pyrrole nitrogens is 2. The number of allylic oxidation sites excluding steroid dienone is 1. The number of aromatic amines is 2. The highest BCUT2D eigenvalue weighted by Crippen LogP contribution is 2.30. The van der Waals surface area contributed by atoms with E-state index in [9.17, 15) is 19.2 Å². The Hall–Kier alpha value is -3.42. The lowest BCUT2D eigenvalue weighted by atomic mass is 9.93. The molecule has 0 fully saturated rings. The highest BCUT2D eigenvalue weighted by molar-refractivity contribution is 6.38. The third-order valence-corrected chi connectivity index (χ3v) is 6.58. The van der Waals surface area contributed by atoms with E-state index < -0.39 is 5.92 Å². The van der Waals surface area contributed by atoms with Gasteiger partial charge in [0.15, 0.2) is 11.6 Å². The first-order valence-electron chi connectivity index (χ1n) is 11.0. The Morgan fingerprint density at radius 3 is 1.76 bits per heavy atom. The molecule has 4 rings (SSSR count). The standard InChI is InChI=1S/C14H11Cl2NO2.C14H9Cl2NO2/c2*1-8(11-4-3-10(15)6-12(11)16)14(19)9-2-5-13(18)17-7-9/h2-8H,1H3,(H,17,18);2-7H,1H2,(H,17,18). The molecule has 10 heteroatoms. The summed E-state index contributed by atoms with van der Waals surface area (Å²) in [6.45, 7) is 5.51. The molecule has 194 valence electrons. The van der Waals surface area contributed by atoms with E-state index in [4.69, 9.17) is 46.4 Å². The fourth-order valence-corrected chi connectivity index (χ4v) is 4.49. The van der Waals surface area contributed by atoms with Crippen LogP contribution in [0.2, 0.25) is 20.1 Å². The van der Waals surface area contributed by atoms with Crippen LogP contribution in [-0.2, 0) is 0 Å². The van der Waals surface area contributed by atoms with Gasteiger partial charge in [-0.15, -0.1) is 0 Å². The zero-order valence-corrected chi connectivity index (χ0v) is 22.9. The molecule has 0 aliphatic carbocycles. The summed E-state index contributed by atoms with van der Waals surface area (Å²) in [4.78, 5) is 51.3. The molecule has 0 saturated heterocycles. The highest BCUT2D eigenvalue weighted by Gasteiger charge is 2.20. The molecule has 0 radical (unpaired) electrons. The van der Waals surface area contributed by atoms with E-state index in [0.29, 0.717) is 42.3 Å². The van der Waals surface area contributed by atoms with Crippen molar-refractivity contribution in [1.82, 2.24) is 9.97 Å². The van der Waals surface area contributed by atoms with Crippen LogP contribution < -0.4 is 11.1 Å². The van der Waals surface area contributed by atoms with Crippen LogP contribution in [0.15, 0.2) is 89.2 Å². The average Bonchev–Trinajstić information content (AvgIpc) is 2.88. The van der Waals surface area contributed by atoms with E-state index in [-0.39, 0.29) is 28.3 Å². The van der Waals surface area contributed by atoms with Crippen molar-refractivity contribution >= 4 is 63.5 Å². The zero-order chi connectivity index (χ0) is 28.0. The molecule has 0 saturated carbocycles. The van der Waals surface area contributed by atoms with E-state index in [0.717, 1.165) is 0 Å². The van der Waals surface area contributed by atoms with Crippen LogP contribution in [0.1, 0.15) is 44.7 Å². The molecule has 2 heterocycles. The maximum atomic E-state index is 12.3. The molecule has 0 aliphatic rings. The Bertz CT molecular complexity index is 1600. The second kappa shape index (κ2) is 12.9. The van der Waals surface area contributed by atoms with Crippen molar-refractivity contribution in [2.24, 2.45) is 0 Å². The molecule has 0 amide bonds. The summed E-state index contributed by atoms with van der Waals surface area (Å²) in [5.41, 5.74) is 1.74. The van der Waals surface area contributed by atoms with E-state index >= 15 is 0 Å². The van der Waals surface area contributed by atoms with Gasteiger partial charge in [-0.3, -0.25) is 19.2 Å². The summed E-state index contributed by atoms with van der Waals surface area (Å²) in [6.07, 6.45) is 2.75. The molecule has 0 aliphatic heterocycles. The largest absolute Gasteiger partial charge is 0.328 e. The van der Waals surface area contributed by atoms with Gasteiger partial charge in [-0.1, -0.05) is 72.0 Å². The zero-order valence-electron chi connectivity index (χ0n) is 19.9. The molecular formula is C28H20Cl4N2O4. The number of hydrogen-bond acceptors (Lipinski definition) is 4. The Balaban J connectivity index is 0.000000211. The molecule has 4 aromatic rings. The summed E-state index contributed by atoms with van der Waals surface area (Å²) < 4.78 is 0. The Morgan fingerprint density at radius 1 is 0.737 bits per heavy atom. The number of Topliss-reactive ketones (excluding diaryl/α,β-unsaturated/α-hetero) is 2. The Labute approximate surface area is 237 Å². The number of pyridine rings is 2. The van der Waals surface area contributed by atoms with Crippen molar-refractivity contribution in [1.29, 1.82) is 0 Å². The summed E-state index contributed by atoms with van der Waals surface area (Å²) in [5.74, 6) is -0.823. The number of halogens is 4. The first-order chi connectivity index (χ1) is 18.0. The normalized spacial score (nSPS) is 11.2. The summed E-state index contributed by atoms with van der Waals surface area (Å²) in [5, 5.41) is 1.82. The minimum atomic E-state index is -0.407. The Kier molecular flexibility index (Phi) is 9.89. The fraction of sp³-hybridized carbons (Fsp3) is 0.0714. The second-order valence-electron chi connectivity index (χ2n) is 8.07. The van der Waals surface area contributed by atoms with Gasteiger partial charge in [-0.25, -0.2) is 0 Å². The molecule has 2 aromatic heterocycles. The minimum absolute atomic E-state index is 0.111. The first kappa shape index (κ1) is 29.1. The number of nitrogens with one attached hydrogen (secondary N) is 2. The van der Waals surface area contributed by atoms with Crippen LogP contribution in [-0.4, -0.2) is 21.5 Å². The molecule has 1 unspecified atom stereocenters. The van der Waals surface area contributed by atoms with Gasteiger partial charge < -0.3 is 9.97 Å². The summed E-state index contributed by atoms with van der Waals surface area (Å²) in [7, 11) is 0. The number of ketones is 2. The maximum absolute atomic E-state index is 12.3. The summed E-state index contributed by atoms with van der Waals surface area (Å²) >= 11 is 23.7. The number of benzene rings is 2. The van der Waals surface area contributed by atoms with Gasteiger partial charge in [0.25, 0.3) is 0 Å². The molecule has 2 aromatic carbocycles. The fourth-order valence-electron chi connectivity index (χ4n) is 3.39. The maximum Gasteiger partial charge on any atom is 0.247 e. The third-order valence-electron chi connectivity index (χ3n) is 5.47. The molecule has 6 nitrogen and oxygen atoms in total. The number of aromatic nitrogens is 2. The van der Waals surface area contributed by atoms with Crippen molar-refractivity contribution in [3.63, 3.8) is 0 Å². The molecule has 2 N–H and O–H groups in total. The lowest BCUT2D eigenvalue weighted by Gasteiger charge is -2.12. The van der Waals surface area contributed by atoms with Crippen LogP contribution in [0, 0.1) is 0 Å². The summed E-state index contributed by atoms with van der Waals surface area (Å²) in [6, 6.07) is 15.4. The van der Waals surface area contributed by atoms with E-state index in [1.807, 2.05) is 0 Å². The second-order valence-corrected chi connectivity index (χ2v) is 9.75. The van der Waals surface area contributed by atoms with Gasteiger partial charge in [0.2, 0.25) is 11.1 Å². The van der Waals surface area contributed by atoms with Gasteiger partial charge in [-0.05, 0) is 42.0 Å². The molecular weight excluding hydrogens is 570 g/mol. The number of carbonyl (C=O) groups is 2. The molecule has 1 atom stereocenters. The predicted octanol–water partition coefficient (Wildman–Crippen LogP) is 7.25. The van der Waals surface area contributed by atoms with Crippen LogP contribution in [0.5, 0.6) is 0 Å². The van der Waals surface area contributed by atoms with Crippen molar-refractivity contribution in [3.8, 4) is 0 Å². The topological polar surface area (TPSA) is 99.9 Å². The van der Waals surface area contributed by atoms with Crippen LogP contribution in [0.25, 0.3) is 5.57 Å². The van der Waals surface area contributed by atoms with Gasteiger partial charge in [0.1, 0.15) is 0 Å². The third kappa shape index (κ3) is 7.33. The quantitative estimate of drug-likeness (QED) is 0.183. The van der Waals surface area contributed by atoms with Crippen molar-refractivity contribution in [2.45, 2.75) is 12.8 Å². The first-order valence-corrected chi connectivity index (χ1v) is 12.5. The Morgan fingerprint density at radius 2 is 1.26 bits per heavy atom. The van der Waals surface area contributed by atoms with Crippen molar-refractivity contribution in [2.75, 3.05) is 0 Å². The predicted molar refractivity (Wildman–Crippen MR) is 153 cm³/mol. The van der Waals surface area contributed by atoms with Crippen LogP contribution in [0.4, 0.5) is 0 Å². The monoisotopic (exact) mass is 588 g/mol. The van der Waals surface area contributed by atoms with E-state index in [2.05, 4.69) is 16.5 Å². The number of hydrogen-bond donors (Lipinski definition) is 2. The average molecular weight is 590 g/mol. The molecule has 38 heavy (non-hydrogen) atoms.